The minimum absolute atomic E-state index is 0.191. The molecule has 15 heavy (non-hydrogen) atoms. The molecule has 0 saturated carbocycles. The highest BCUT2D eigenvalue weighted by atomic mass is 32.2. The zero-order valence-electron chi connectivity index (χ0n) is 8.18. The molecule has 0 aliphatic carbocycles. The maximum Gasteiger partial charge on any atom is 0.233 e. The van der Waals surface area contributed by atoms with Gasteiger partial charge in [-0.2, -0.15) is 4.37 Å². The number of thioether (sulfide) groups is 1. The Labute approximate surface area is 96.4 Å². The predicted octanol–water partition coefficient (Wildman–Crippen LogP) is 0.0620. The van der Waals surface area contributed by atoms with Crippen LogP contribution in [0.15, 0.2) is 10.7 Å². The van der Waals surface area contributed by atoms with Gasteiger partial charge < -0.3 is 10.2 Å². The molecule has 0 aromatic carbocycles. The summed E-state index contributed by atoms with van der Waals surface area (Å²) in [5.41, 5.74) is 0. The topological polar surface area (TPSA) is 58.1 Å². The van der Waals surface area contributed by atoms with Gasteiger partial charge in [-0.15, -0.1) is 0 Å². The van der Waals surface area contributed by atoms with Gasteiger partial charge in [0.15, 0.2) is 4.34 Å². The highest BCUT2D eigenvalue weighted by Crippen LogP contribution is 2.18. The average molecular weight is 244 g/mol. The van der Waals surface area contributed by atoms with Crippen molar-refractivity contribution in [3.63, 3.8) is 0 Å². The molecule has 1 aliphatic rings. The second kappa shape index (κ2) is 5.43. The Bertz CT molecular complexity index is 310. The minimum Gasteiger partial charge on any atom is -0.339 e. The van der Waals surface area contributed by atoms with Gasteiger partial charge in [-0.1, -0.05) is 11.8 Å². The molecule has 5 nitrogen and oxygen atoms in total. The standard InChI is InChI=1S/C8H12N4OS2/c13-7(12-3-1-9-2-4-12)5-14-8-10-6-11-15-8/h6,9H,1-5H2. The smallest absolute Gasteiger partial charge is 0.233 e. The first-order chi connectivity index (χ1) is 7.36. The third-order valence-corrected chi connectivity index (χ3v) is 3.91. The Morgan fingerprint density at radius 1 is 1.60 bits per heavy atom. The van der Waals surface area contributed by atoms with Gasteiger partial charge in [0.25, 0.3) is 0 Å². The molecule has 1 aliphatic heterocycles. The minimum atomic E-state index is 0.191. The number of piperazine rings is 1. The maximum absolute atomic E-state index is 11.7. The number of nitrogens with zero attached hydrogens (tertiary/aromatic N) is 3. The van der Waals surface area contributed by atoms with Crippen molar-refractivity contribution in [1.29, 1.82) is 0 Å². The van der Waals surface area contributed by atoms with Crippen LogP contribution in [0, 0.1) is 0 Å². The van der Waals surface area contributed by atoms with E-state index in [4.69, 9.17) is 0 Å². The summed E-state index contributed by atoms with van der Waals surface area (Å²) in [5.74, 6) is 0.659. The predicted molar refractivity (Wildman–Crippen MR) is 60.1 cm³/mol. The van der Waals surface area contributed by atoms with Crippen LogP contribution in [-0.4, -0.2) is 52.1 Å². The SMILES string of the molecule is O=C(CSc1ncns1)N1CCNCC1. The molecule has 1 amide bonds. The summed E-state index contributed by atoms with van der Waals surface area (Å²) in [4.78, 5) is 17.6. The van der Waals surface area contributed by atoms with Gasteiger partial charge in [0.05, 0.1) is 5.75 Å². The Morgan fingerprint density at radius 3 is 3.07 bits per heavy atom. The van der Waals surface area contributed by atoms with E-state index in [2.05, 4.69) is 14.7 Å². The van der Waals surface area contributed by atoms with E-state index in [0.29, 0.717) is 5.75 Å². The first-order valence-corrected chi connectivity index (χ1v) is 6.50. The van der Waals surface area contributed by atoms with Crippen LogP contribution in [0.1, 0.15) is 0 Å². The summed E-state index contributed by atoms with van der Waals surface area (Å²) in [6, 6.07) is 0. The van der Waals surface area contributed by atoms with Gasteiger partial charge in [0, 0.05) is 26.2 Å². The lowest BCUT2D eigenvalue weighted by molar-refractivity contribution is -0.128. The molecule has 0 spiro atoms. The average Bonchev–Trinajstić information content (AvgIpc) is 2.80. The summed E-state index contributed by atoms with van der Waals surface area (Å²) in [6.45, 7) is 3.43. The largest absolute Gasteiger partial charge is 0.339 e. The van der Waals surface area contributed by atoms with E-state index in [0.717, 1.165) is 30.5 Å². The third-order valence-electron chi connectivity index (χ3n) is 2.13. The van der Waals surface area contributed by atoms with E-state index in [9.17, 15) is 4.79 Å². The highest BCUT2D eigenvalue weighted by Gasteiger charge is 2.16. The van der Waals surface area contributed by atoms with Crippen LogP contribution < -0.4 is 5.32 Å². The van der Waals surface area contributed by atoms with Crippen molar-refractivity contribution in [2.45, 2.75) is 4.34 Å². The molecule has 1 aromatic rings. The lowest BCUT2D eigenvalue weighted by atomic mass is 10.3. The number of nitrogens with one attached hydrogen (secondary N) is 1. The van der Waals surface area contributed by atoms with Crippen molar-refractivity contribution in [3.8, 4) is 0 Å². The van der Waals surface area contributed by atoms with Crippen molar-refractivity contribution in [2.24, 2.45) is 0 Å². The molecule has 0 radical (unpaired) electrons. The van der Waals surface area contributed by atoms with E-state index in [1.807, 2.05) is 4.90 Å². The van der Waals surface area contributed by atoms with Crippen molar-refractivity contribution < 1.29 is 4.79 Å². The molecule has 2 heterocycles. The van der Waals surface area contributed by atoms with Gasteiger partial charge >= 0.3 is 0 Å². The number of hydrogen-bond donors (Lipinski definition) is 1. The van der Waals surface area contributed by atoms with E-state index in [1.54, 1.807) is 0 Å². The summed E-state index contributed by atoms with van der Waals surface area (Å²) in [6.07, 6.45) is 1.52. The van der Waals surface area contributed by atoms with E-state index >= 15 is 0 Å². The first-order valence-electron chi connectivity index (χ1n) is 4.74. The highest BCUT2D eigenvalue weighted by molar-refractivity contribution is 8.01. The van der Waals surface area contributed by atoms with Crippen LogP contribution in [0.4, 0.5) is 0 Å². The van der Waals surface area contributed by atoms with Crippen LogP contribution in [0.25, 0.3) is 0 Å². The number of aromatic nitrogens is 2. The fraction of sp³-hybridized carbons (Fsp3) is 0.625. The lowest BCUT2D eigenvalue weighted by Gasteiger charge is -2.27. The third kappa shape index (κ3) is 3.15. The molecular formula is C8H12N4OS2. The van der Waals surface area contributed by atoms with Gasteiger partial charge in [-0.05, 0) is 11.5 Å². The Kier molecular flexibility index (Phi) is 3.93. The summed E-state index contributed by atoms with van der Waals surface area (Å²) < 4.78 is 4.75. The number of rotatable bonds is 3. The van der Waals surface area contributed by atoms with Gasteiger partial charge in [-0.25, -0.2) is 4.98 Å². The zero-order chi connectivity index (χ0) is 10.5. The van der Waals surface area contributed by atoms with E-state index in [1.165, 1.54) is 29.6 Å². The maximum atomic E-state index is 11.7. The van der Waals surface area contributed by atoms with Crippen molar-refractivity contribution in [1.82, 2.24) is 19.6 Å². The van der Waals surface area contributed by atoms with Gasteiger partial charge in [0.2, 0.25) is 5.91 Å². The lowest BCUT2D eigenvalue weighted by Crippen LogP contribution is -2.47. The van der Waals surface area contributed by atoms with Crippen molar-refractivity contribution >= 4 is 29.2 Å². The molecule has 0 bridgehead atoms. The molecule has 0 atom stereocenters. The van der Waals surface area contributed by atoms with Crippen LogP contribution in [0.3, 0.4) is 0 Å². The first kappa shape index (κ1) is 10.8. The summed E-state index contributed by atoms with van der Waals surface area (Å²) >= 11 is 2.79. The molecule has 0 unspecified atom stereocenters. The van der Waals surface area contributed by atoms with Gasteiger partial charge in [-0.3, -0.25) is 4.79 Å². The van der Waals surface area contributed by atoms with Crippen LogP contribution in [0.5, 0.6) is 0 Å². The quantitative estimate of drug-likeness (QED) is 0.762. The van der Waals surface area contributed by atoms with E-state index < -0.39 is 0 Å². The fourth-order valence-electron chi connectivity index (χ4n) is 1.36. The molecule has 82 valence electrons. The molecule has 1 aromatic heterocycles. The molecule has 2 rings (SSSR count). The Morgan fingerprint density at radius 2 is 2.40 bits per heavy atom. The fourth-order valence-corrected chi connectivity index (χ4v) is 2.70. The second-order valence-electron chi connectivity index (χ2n) is 3.13. The van der Waals surface area contributed by atoms with E-state index in [-0.39, 0.29) is 5.91 Å². The van der Waals surface area contributed by atoms with Crippen molar-refractivity contribution in [2.75, 3.05) is 31.9 Å². The molecular weight excluding hydrogens is 232 g/mol. The second-order valence-corrected chi connectivity index (χ2v) is 5.13. The Balaban J connectivity index is 1.76. The van der Waals surface area contributed by atoms with Crippen molar-refractivity contribution in [3.05, 3.63) is 6.33 Å². The molecule has 1 saturated heterocycles. The normalized spacial score (nSPS) is 16.7. The van der Waals surface area contributed by atoms with Crippen LogP contribution in [0.2, 0.25) is 0 Å². The molecule has 1 N–H and O–H groups in total. The van der Waals surface area contributed by atoms with Gasteiger partial charge in [0.1, 0.15) is 6.33 Å². The monoisotopic (exact) mass is 244 g/mol. The number of hydrogen-bond acceptors (Lipinski definition) is 6. The number of carbonyl (C=O) groups is 1. The molecule has 1 fully saturated rings. The summed E-state index contributed by atoms with van der Waals surface area (Å²) in [5, 5.41) is 3.22. The van der Waals surface area contributed by atoms with Crippen LogP contribution >= 0.6 is 23.3 Å². The number of carbonyl (C=O) groups excluding carboxylic acids is 1. The summed E-state index contributed by atoms with van der Waals surface area (Å²) in [7, 11) is 0. The zero-order valence-corrected chi connectivity index (χ0v) is 9.81. The Hall–Kier alpha value is -0.660. The number of amides is 1. The molecule has 7 heteroatoms. The van der Waals surface area contributed by atoms with Crippen LogP contribution in [-0.2, 0) is 4.79 Å².